The van der Waals surface area contributed by atoms with Crippen molar-refractivity contribution in [3.05, 3.63) is 35.9 Å². The molecule has 1 aliphatic rings. The molecule has 0 aliphatic carbocycles. The van der Waals surface area contributed by atoms with E-state index < -0.39 is 24.1 Å². The van der Waals surface area contributed by atoms with Crippen molar-refractivity contribution in [1.82, 2.24) is 4.90 Å². The van der Waals surface area contributed by atoms with E-state index in [2.05, 4.69) is 0 Å². The second kappa shape index (κ2) is 5.71. The first-order valence-corrected chi connectivity index (χ1v) is 5.94. The molecule has 0 saturated carbocycles. The van der Waals surface area contributed by atoms with Crippen LogP contribution in [0.5, 0.6) is 0 Å². The van der Waals surface area contributed by atoms with Gasteiger partial charge in [0.05, 0.1) is 0 Å². The molecule has 6 heteroatoms. The molecule has 1 aromatic carbocycles. The fraction of sp³-hybridized carbons (Fsp3) is 0.385. The third-order valence-corrected chi connectivity index (χ3v) is 3.07. The number of amides is 1. The van der Waals surface area contributed by atoms with E-state index in [1.165, 1.54) is 4.90 Å². The quantitative estimate of drug-likeness (QED) is 0.836. The van der Waals surface area contributed by atoms with Crippen molar-refractivity contribution in [3.63, 3.8) is 0 Å². The van der Waals surface area contributed by atoms with Crippen molar-refractivity contribution in [2.24, 2.45) is 5.92 Å². The Balaban J connectivity index is 1.73. The van der Waals surface area contributed by atoms with E-state index in [0.29, 0.717) is 0 Å². The van der Waals surface area contributed by atoms with Crippen molar-refractivity contribution in [2.45, 2.75) is 12.7 Å². The summed E-state index contributed by atoms with van der Waals surface area (Å²) in [4.78, 5) is 23.5. The molecule has 6 nitrogen and oxygen atoms in total. The van der Waals surface area contributed by atoms with Gasteiger partial charge in [-0.3, -0.25) is 0 Å². The zero-order valence-electron chi connectivity index (χ0n) is 10.2. The van der Waals surface area contributed by atoms with Gasteiger partial charge in [0.25, 0.3) is 0 Å². The van der Waals surface area contributed by atoms with Gasteiger partial charge < -0.3 is 19.8 Å². The average molecular weight is 265 g/mol. The van der Waals surface area contributed by atoms with Crippen LogP contribution in [0, 0.1) is 5.92 Å². The normalized spacial score (nSPS) is 16.6. The number of carboxylic acids is 1. The van der Waals surface area contributed by atoms with Crippen LogP contribution in [0.1, 0.15) is 5.56 Å². The molecule has 1 unspecified atom stereocenters. The minimum Gasteiger partial charge on any atom is -0.479 e. The van der Waals surface area contributed by atoms with Gasteiger partial charge in [-0.2, -0.15) is 0 Å². The number of benzene rings is 1. The molecule has 1 amide bonds. The first-order valence-electron chi connectivity index (χ1n) is 5.94. The van der Waals surface area contributed by atoms with Gasteiger partial charge in [-0.25, -0.2) is 9.59 Å². The van der Waals surface area contributed by atoms with Gasteiger partial charge in [-0.05, 0) is 5.56 Å². The monoisotopic (exact) mass is 265 g/mol. The van der Waals surface area contributed by atoms with E-state index >= 15 is 0 Å². The van der Waals surface area contributed by atoms with Gasteiger partial charge in [0.2, 0.25) is 0 Å². The summed E-state index contributed by atoms with van der Waals surface area (Å²) >= 11 is 0. The largest absolute Gasteiger partial charge is 0.479 e. The average Bonchev–Trinajstić information content (AvgIpc) is 2.35. The molecule has 0 bridgehead atoms. The Morgan fingerprint density at radius 1 is 1.32 bits per heavy atom. The maximum atomic E-state index is 11.6. The van der Waals surface area contributed by atoms with E-state index in [0.717, 1.165) is 5.56 Å². The van der Waals surface area contributed by atoms with Gasteiger partial charge in [0.15, 0.2) is 6.10 Å². The molecule has 19 heavy (non-hydrogen) atoms. The maximum Gasteiger partial charge on any atom is 0.410 e. The van der Waals surface area contributed by atoms with Gasteiger partial charge in [-0.1, -0.05) is 30.3 Å². The second-order valence-corrected chi connectivity index (χ2v) is 4.49. The van der Waals surface area contributed by atoms with E-state index in [9.17, 15) is 14.7 Å². The van der Waals surface area contributed by atoms with Crippen LogP contribution >= 0.6 is 0 Å². The summed E-state index contributed by atoms with van der Waals surface area (Å²) in [7, 11) is 0. The van der Waals surface area contributed by atoms with E-state index in [1.54, 1.807) is 0 Å². The first kappa shape index (κ1) is 13.4. The Bertz CT molecular complexity index is 455. The summed E-state index contributed by atoms with van der Waals surface area (Å²) in [6.45, 7) is 0.602. The summed E-state index contributed by atoms with van der Waals surface area (Å²) in [5.41, 5.74) is 0.887. The molecule has 1 heterocycles. The van der Waals surface area contributed by atoms with Crippen LogP contribution in [0.15, 0.2) is 30.3 Å². The van der Waals surface area contributed by atoms with Crippen molar-refractivity contribution in [2.75, 3.05) is 13.1 Å². The van der Waals surface area contributed by atoms with E-state index in [-0.39, 0.29) is 19.7 Å². The lowest BCUT2D eigenvalue weighted by atomic mass is 9.94. The lowest BCUT2D eigenvalue weighted by Gasteiger charge is -2.39. The van der Waals surface area contributed by atoms with Crippen LogP contribution in [0.3, 0.4) is 0 Å². The number of hydrogen-bond acceptors (Lipinski definition) is 4. The zero-order valence-corrected chi connectivity index (χ0v) is 10.2. The number of likely N-dealkylation sites (tertiary alicyclic amines) is 1. The SMILES string of the molecule is O=C(O)C(O)C1CN(C(=O)OCc2ccccc2)C1. The lowest BCUT2D eigenvalue weighted by molar-refractivity contribution is -0.153. The second-order valence-electron chi connectivity index (χ2n) is 4.49. The van der Waals surface area contributed by atoms with Crippen LogP contribution < -0.4 is 0 Å². The number of rotatable bonds is 4. The van der Waals surface area contributed by atoms with Crippen molar-refractivity contribution < 1.29 is 24.5 Å². The standard InChI is InChI=1S/C13H15NO5/c15-11(12(16)17)10-6-14(7-10)13(18)19-8-9-4-2-1-3-5-9/h1-5,10-11,15H,6-8H2,(H,16,17). The maximum absolute atomic E-state index is 11.6. The molecule has 102 valence electrons. The van der Waals surface area contributed by atoms with Crippen molar-refractivity contribution in [3.8, 4) is 0 Å². The molecule has 1 atom stereocenters. The lowest BCUT2D eigenvalue weighted by Crippen LogP contribution is -2.56. The summed E-state index contributed by atoms with van der Waals surface area (Å²) < 4.78 is 5.08. The molecule has 1 aliphatic heterocycles. The molecule has 2 rings (SSSR count). The van der Waals surface area contributed by atoms with Crippen LogP contribution in [-0.4, -0.2) is 46.4 Å². The van der Waals surface area contributed by atoms with E-state index in [1.807, 2.05) is 30.3 Å². The Hall–Kier alpha value is -2.08. The Kier molecular flexibility index (Phi) is 4.01. The van der Waals surface area contributed by atoms with Gasteiger partial charge >= 0.3 is 12.1 Å². The highest BCUT2D eigenvalue weighted by Crippen LogP contribution is 2.20. The molecule has 0 spiro atoms. The number of ether oxygens (including phenoxy) is 1. The van der Waals surface area contributed by atoms with Crippen molar-refractivity contribution in [1.29, 1.82) is 0 Å². The molecule has 2 N–H and O–H groups in total. The van der Waals surface area contributed by atoms with Crippen LogP contribution in [0.25, 0.3) is 0 Å². The minimum atomic E-state index is -1.42. The van der Waals surface area contributed by atoms with Crippen LogP contribution in [0.4, 0.5) is 4.79 Å². The fourth-order valence-electron chi connectivity index (χ4n) is 1.87. The molecule has 1 fully saturated rings. The zero-order chi connectivity index (χ0) is 13.8. The molecule has 1 saturated heterocycles. The topological polar surface area (TPSA) is 87.1 Å². The number of carbonyl (C=O) groups excluding carboxylic acids is 1. The number of aliphatic carboxylic acids is 1. The number of nitrogens with zero attached hydrogens (tertiary/aromatic N) is 1. The molecule has 1 aromatic rings. The highest BCUT2D eigenvalue weighted by molar-refractivity contribution is 5.74. The predicted octanol–water partition coefficient (Wildman–Crippen LogP) is 0.700. The third-order valence-electron chi connectivity index (χ3n) is 3.07. The first-order chi connectivity index (χ1) is 9.08. The molecular formula is C13H15NO5. The summed E-state index contributed by atoms with van der Waals surface area (Å²) in [6.07, 6.45) is -1.91. The Labute approximate surface area is 110 Å². The fourth-order valence-corrected chi connectivity index (χ4v) is 1.87. The predicted molar refractivity (Wildman–Crippen MR) is 65.3 cm³/mol. The van der Waals surface area contributed by atoms with Crippen LogP contribution in [0.2, 0.25) is 0 Å². The number of hydrogen-bond donors (Lipinski definition) is 2. The summed E-state index contributed by atoms with van der Waals surface area (Å²) in [5.74, 6) is -1.68. The van der Waals surface area contributed by atoms with Crippen LogP contribution in [-0.2, 0) is 16.1 Å². The van der Waals surface area contributed by atoms with Crippen molar-refractivity contribution >= 4 is 12.1 Å². The number of carboxylic acid groups (broad SMARTS) is 1. The van der Waals surface area contributed by atoms with Gasteiger partial charge in [0, 0.05) is 19.0 Å². The third kappa shape index (κ3) is 3.23. The number of carbonyl (C=O) groups is 2. The highest BCUT2D eigenvalue weighted by Gasteiger charge is 2.39. The summed E-state index contributed by atoms with van der Waals surface area (Å²) in [6, 6.07) is 9.28. The smallest absolute Gasteiger partial charge is 0.410 e. The number of aliphatic hydroxyl groups is 1. The van der Waals surface area contributed by atoms with Gasteiger partial charge in [0.1, 0.15) is 6.61 Å². The summed E-state index contributed by atoms with van der Waals surface area (Å²) in [5, 5.41) is 17.9. The number of aliphatic hydroxyl groups excluding tert-OH is 1. The minimum absolute atomic E-state index is 0.183. The Morgan fingerprint density at radius 3 is 2.53 bits per heavy atom. The molecule has 0 radical (unpaired) electrons. The van der Waals surface area contributed by atoms with E-state index in [4.69, 9.17) is 9.84 Å². The highest BCUT2D eigenvalue weighted by atomic mass is 16.6. The molecular weight excluding hydrogens is 250 g/mol. The molecule has 0 aromatic heterocycles. The Morgan fingerprint density at radius 2 is 1.95 bits per heavy atom. The van der Waals surface area contributed by atoms with Gasteiger partial charge in [-0.15, -0.1) is 0 Å².